The molecule has 0 spiro atoms. The number of carbonyl (C=O) groups excluding carboxylic acids is 1. The van der Waals surface area contributed by atoms with Gasteiger partial charge in [0.2, 0.25) is 0 Å². The van der Waals surface area contributed by atoms with Crippen LogP contribution in [0.5, 0.6) is 5.75 Å². The maximum Gasteiger partial charge on any atom is 0.253 e. The van der Waals surface area contributed by atoms with Crippen molar-refractivity contribution in [3.05, 3.63) is 88.5 Å². The topological polar surface area (TPSA) is 69.0 Å². The summed E-state index contributed by atoms with van der Waals surface area (Å²) in [6.07, 6.45) is 3.99. The summed E-state index contributed by atoms with van der Waals surface area (Å²) in [6, 6.07) is 15.4. The number of aromatic nitrogens is 3. The first-order chi connectivity index (χ1) is 15.5. The molecule has 0 radical (unpaired) electrons. The van der Waals surface area contributed by atoms with Gasteiger partial charge in [-0.05, 0) is 67.8 Å². The van der Waals surface area contributed by atoms with Gasteiger partial charge in [-0.1, -0.05) is 23.7 Å². The van der Waals surface area contributed by atoms with Crippen molar-refractivity contribution in [2.45, 2.75) is 33.4 Å². The van der Waals surface area contributed by atoms with Gasteiger partial charge in [0.05, 0.1) is 29.7 Å². The zero-order valence-corrected chi connectivity index (χ0v) is 18.9. The van der Waals surface area contributed by atoms with Crippen LogP contribution in [-0.2, 0) is 13.1 Å². The van der Waals surface area contributed by atoms with Crippen LogP contribution in [0.25, 0.3) is 11.0 Å². The van der Waals surface area contributed by atoms with Crippen molar-refractivity contribution < 1.29 is 9.53 Å². The Labute approximate surface area is 192 Å². The summed E-state index contributed by atoms with van der Waals surface area (Å²) in [5.74, 6) is 1.46. The second-order valence-corrected chi connectivity index (χ2v) is 8.04. The molecule has 0 bridgehead atoms. The molecular weight excluding hydrogens is 424 g/mol. The normalized spacial score (nSPS) is 11.0. The van der Waals surface area contributed by atoms with Crippen molar-refractivity contribution >= 4 is 28.5 Å². The molecule has 0 atom stereocenters. The fourth-order valence-corrected chi connectivity index (χ4v) is 3.78. The van der Waals surface area contributed by atoms with Crippen molar-refractivity contribution in [1.29, 1.82) is 0 Å². The number of hydrogen-bond acceptors (Lipinski definition) is 4. The van der Waals surface area contributed by atoms with Crippen LogP contribution in [0.4, 0.5) is 0 Å². The number of nitrogens with one attached hydrogen (secondary N) is 1. The molecule has 2 heterocycles. The predicted molar refractivity (Wildman–Crippen MR) is 126 cm³/mol. The lowest BCUT2D eigenvalue weighted by molar-refractivity contribution is 0.0949. The Kier molecular flexibility index (Phi) is 6.71. The third-order valence-corrected chi connectivity index (χ3v) is 5.87. The van der Waals surface area contributed by atoms with E-state index in [9.17, 15) is 4.79 Å². The molecule has 0 aliphatic heterocycles. The molecule has 32 heavy (non-hydrogen) atoms. The first-order valence-corrected chi connectivity index (χ1v) is 10.9. The van der Waals surface area contributed by atoms with Crippen LogP contribution in [0, 0.1) is 13.8 Å². The van der Waals surface area contributed by atoms with E-state index in [4.69, 9.17) is 21.3 Å². The summed E-state index contributed by atoms with van der Waals surface area (Å²) >= 11 is 6.24. The van der Waals surface area contributed by atoms with Gasteiger partial charge in [-0.25, -0.2) is 4.98 Å². The average molecular weight is 449 g/mol. The molecule has 6 nitrogen and oxygen atoms in total. The highest BCUT2D eigenvalue weighted by molar-refractivity contribution is 6.32. The number of rotatable bonds is 8. The number of benzene rings is 2. The molecule has 0 aliphatic carbocycles. The fraction of sp³-hybridized carbons (Fsp3) is 0.240. The Bertz CT molecular complexity index is 1210. The standard InChI is InChI=1S/C25H25ClN4O2/c1-17-13-20(14-18(2)24(17)26)32-12-6-11-30-22-9-4-3-8-21(22)29-23(30)16-28-25(31)19-7-5-10-27-15-19/h3-5,7-10,13-15H,6,11-12,16H2,1-2H3,(H,28,31). The number of fused-ring (bicyclic) bond motifs is 1. The monoisotopic (exact) mass is 448 g/mol. The number of halogens is 1. The first kappa shape index (κ1) is 21.8. The third-order valence-electron chi connectivity index (χ3n) is 5.27. The minimum atomic E-state index is -0.173. The van der Waals surface area contributed by atoms with Crippen LogP contribution in [-0.4, -0.2) is 27.0 Å². The van der Waals surface area contributed by atoms with E-state index >= 15 is 0 Å². The Hall–Kier alpha value is -3.38. The van der Waals surface area contributed by atoms with Crippen LogP contribution < -0.4 is 10.1 Å². The number of pyridine rings is 1. The minimum Gasteiger partial charge on any atom is -0.494 e. The van der Waals surface area contributed by atoms with Crippen molar-refractivity contribution in [3.63, 3.8) is 0 Å². The minimum absolute atomic E-state index is 0.173. The van der Waals surface area contributed by atoms with E-state index in [0.717, 1.165) is 51.7 Å². The Morgan fingerprint density at radius 1 is 1.12 bits per heavy atom. The lowest BCUT2D eigenvalue weighted by Gasteiger charge is -2.12. The maximum absolute atomic E-state index is 12.4. The van der Waals surface area contributed by atoms with Crippen molar-refractivity contribution in [3.8, 4) is 5.75 Å². The molecule has 164 valence electrons. The summed E-state index contributed by atoms with van der Waals surface area (Å²) in [7, 11) is 0. The quantitative estimate of drug-likeness (QED) is 0.381. The Morgan fingerprint density at radius 3 is 2.66 bits per heavy atom. The third kappa shape index (κ3) is 4.92. The largest absolute Gasteiger partial charge is 0.494 e. The SMILES string of the molecule is Cc1cc(OCCCn2c(CNC(=O)c3cccnc3)nc3ccccc32)cc(C)c1Cl. The second kappa shape index (κ2) is 9.83. The number of carbonyl (C=O) groups is 1. The number of aryl methyl sites for hydroxylation is 3. The number of hydrogen-bond donors (Lipinski definition) is 1. The summed E-state index contributed by atoms with van der Waals surface area (Å²) in [5.41, 5.74) is 4.49. The molecular formula is C25H25ClN4O2. The average Bonchev–Trinajstić information content (AvgIpc) is 3.16. The molecule has 0 aliphatic rings. The van der Waals surface area contributed by atoms with Crippen LogP contribution in [0.1, 0.15) is 33.7 Å². The van der Waals surface area contributed by atoms with Crippen LogP contribution in [0.3, 0.4) is 0 Å². The summed E-state index contributed by atoms with van der Waals surface area (Å²) in [4.78, 5) is 21.1. The summed E-state index contributed by atoms with van der Waals surface area (Å²) < 4.78 is 8.10. The zero-order chi connectivity index (χ0) is 22.5. The zero-order valence-electron chi connectivity index (χ0n) is 18.1. The highest BCUT2D eigenvalue weighted by Crippen LogP contribution is 2.26. The van der Waals surface area contributed by atoms with E-state index in [1.54, 1.807) is 24.5 Å². The summed E-state index contributed by atoms with van der Waals surface area (Å²) in [6.45, 7) is 5.58. The van der Waals surface area contributed by atoms with E-state index in [1.165, 1.54) is 0 Å². The molecule has 7 heteroatoms. The number of nitrogens with zero attached hydrogens (tertiary/aromatic N) is 3. The van der Waals surface area contributed by atoms with E-state index in [2.05, 4.69) is 14.9 Å². The van der Waals surface area contributed by atoms with Crippen molar-refractivity contribution in [1.82, 2.24) is 19.9 Å². The molecule has 1 N–H and O–H groups in total. The van der Waals surface area contributed by atoms with Gasteiger partial charge in [-0.3, -0.25) is 9.78 Å². The van der Waals surface area contributed by atoms with Crippen molar-refractivity contribution in [2.75, 3.05) is 6.61 Å². The van der Waals surface area contributed by atoms with Gasteiger partial charge in [0.25, 0.3) is 5.91 Å². The van der Waals surface area contributed by atoms with E-state index < -0.39 is 0 Å². The molecule has 0 unspecified atom stereocenters. The summed E-state index contributed by atoms with van der Waals surface area (Å²) in [5, 5.41) is 3.72. The first-order valence-electron chi connectivity index (χ1n) is 10.5. The van der Waals surface area contributed by atoms with Crippen LogP contribution in [0.15, 0.2) is 60.9 Å². The van der Waals surface area contributed by atoms with E-state index in [1.807, 2.05) is 50.2 Å². The number of ether oxygens (including phenoxy) is 1. The van der Waals surface area contributed by atoms with Gasteiger partial charge < -0.3 is 14.6 Å². The number of imidazole rings is 1. The number of para-hydroxylation sites is 2. The smallest absolute Gasteiger partial charge is 0.253 e. The van der Waals surface area contributed by atoms with Gasteiger partial charge in [0.15, 0.2) is 0 Å². The van der Waals surface area contributed by atoms with E-state index in [-0.39, 0.29) is 5.91 Å². The second-order valence-electron chi connectivity index (χ2n) is 7.67. The van der Waals surface area contributed by atoms with Gasteiger partial charge >= 0.3 is 0 Å². The molecule has 4 aromatic rings. The van der Waals surface area contributed by atoms with Gasteiger partial charge in [-0.2, -0.15) is 0 Å². The molecule has 0 saturated carbocycles. The predicted octanol–water partition coefficient (Wildman–Crippen LogP) is 5.10. The molecule has 2 aromatic carbocycles. The van der Waals surface area contributed by atoms with Gasteiger partial charge in [-0.15, -0.1) is 0 Å². The molecule has 0 fully saturated rings. The lowest BCUT2D eigenvalue weighted by atomic mass is 10.1. The highest BCUT2D eigenvalue weighted by Gasteiger charge is 2.13. The number of amides is 1. The van der Waals surface area contributed by atoms with Crippen molar-refractivity contribution in [2.24, 2.45) is 0 Å². The van der Waals surface area contributed by atoms with E-state index in [0.29, 0.717) is 18.7 Å². The van der Waals surface area contributed by atoms with Crippen LogP contribution in [0.2, 0.25) is 5.02 Å². The molecule has 2 aromatic heterocycles. The molecule has 4 rings (SSSR count). The lowest BCUT2D eigenvalue weighted by Crippen LogP contribution is -2.25. The Morgan fingerprint density at radius 2 is 1.91 bits per heavy atom. The molecule has 1 amide bonds. The fourth-order valence-electron chi connectivity index (χ4n) is 3.67. The van der Waals surface area contributed by atoms with Crippen LogP contribution >= 0.6 is 11.6 Å². The highest BCUT2D eigenvalue weighted by atomic mass is 35.5. The van der Waals surface area contributed by atoms with Gasteiger partial charge in [0, 0.05) is 24.0 Å². The Balaban J connectivity index is 1.43. The maximum atomic E-state index is 12.4. The molecule has 0 saturated heterocycles. The van der Waals surface area contributed by atoms with Gasteiger partial charge in [0.1, 0.15) is 11.6 Å².